The molecule has 1 saturated heterocycles. The lowest BCUT2D eigenvalue weighted by Gasteiger charge is -2.30. The van der Waals surface area contributed by atoms with Crippen LogP contribution in [0.3, 0.4) is 0 Å². The molecule has 2 heterocycles. The summed E-state index contributed by atoms with van der Waals surface area (Å²) in [6.07, 6.45) is 3.48. The summed E-state index contributed by atoms with van der Waals surface area (Å²) in [6.45, 7) is 3.95. The van der Waals surface area contributed by atoms with Crippen molar-refractivity contribution in [2.45, 2.75) is 26.3 Å². The summed E-state index contributed by atoms with van der Waals surface area (Å²) in [4.78, 5) is 30.8. The maximum atomic E-state index is 12.9. The largest absolute Gasteiger partial charge is 0.347 e. The zero-order valence-corrected chi connectivity index (χ0v) is 14.7. The lowest BCUT2D eigenvalue weighted by molar-refractivity contribution is 0.0697. The highest BCUT2D eigenvalue weighted by atomic mass is 19.1. The van der Waals surface area contributed by atoms with Gasteiger partial charge in [0.2, 0.25) is 0 Å². The molecule has 0 aliphatic carbocycles. The van der Waals surface area contributed by atoms with Crippen molar-refractivity contribution in [1.29, 1.82) is 0 Å². The van der Waals surface area contributed by atoms with Gasteiger partial charge in [-0.3, -0.25) is 14.6 Å². The SMILES string of the molecule is CC1CCN(C(=O)c2ccnc(C(=O)NCc3ccc(F)cc3)c2)CC1. The van der Waals surface area contributed by atoms with Crippen LogP contribution in [0.15, 0.2) is 42.6 Å². The Labute approximate surface area is 152 Å². The molecule has 0 spiro atoms. The average Bonchev–Trinajstić information content (AvgIpc) is 2.67. The number of amides is 2. The highest BCUT2D eigenvalue weighted by Gasteiger charge is 2.22. The Morgan fingerprint density at radius 2 is 1.88 bits per heavy atom. The fourth-order valence-corrected chi connectivity index (χ4v) is 2.96. The van der Waals surface area contributed by atoms with E-state index in [1.165, 1.54) is 24.4 Å². The number of rotatable bonds is 4. The van der Waals surface area contributed by atoms with Gasteiger partial charge >= 0.3 is 0 Å². The number of carbonyl (C=O) groups is 2. The number of hydrogen-bond donors (Lipinski definition) is 1. The number of hydrogen-bond acceptors (Lipinski definition) is 3. The molecule has 0 saturated carbocycles. The third kappa shape index (κ3) is 4.45. The molecule has 0 radical (unpaired) electrons. The van der Waals surface area contributed by atoms with E-state index in [4.69, 9.17) is 0 Å². The van der Waals surface area contributed by atoms with Crippen molar-refractivity contribution in [2.24, 2.45) is 5.92 Å². The molecule has 0 atom stereocenters. The Balaban J connectivity index is 1.63. The maximum Gasteiger partial charge on any atom is 0.270 e. The minimum Gasteiger partial charge on any atom is -0.347 e. The molecule has 2 aromatic rings. The summed E-state index contributed by atoms with van der Waals surface area (Å²) in [5.41, 5.74) is 1.46. The van der Waals surface area contributed by atoms with E-state index in [0.29, 0.717) is 11.5 Å². The van der Waals surface area contributed by atoms with Crippen molar-refractivity contribution in [2.75, 3.05) is 13.1 Å². The molecule has 1 aromatic heterocycles. The monoisotopic (exact) mass is 355 g/mol. The fraction of sp³-hybridized carbons (Fsp3) is 0.350. The van der Waals surface area contributed by atoms with Crippen LogP contribution in [0.25, 0.3) is 0 Å². The summed E-state index contributed by atoms with van der Waals surface area (Å²) in [5.74, 6) is -0.104. The van der Waals surface area contributed by atoms with Crippen LogP contribution < -0.4 is 5.32 Å². The number of likely N-dealkylation sites (tertiary alicyclic amines) is 1. The number of aromatic nitrogens is 1. The Bertz CT molecular complexity index is 784. The highest BCUT2D eigenvalue weighted by molar-refractivity contribution is 5.98. The van der Waals surface area contributed by atoms with Crippen LogP contribution in [-0.4, -0.2) is 34.8 Å². The van der Waals surface area contributed by atoms with Gasteiger partial charge in [0.05, 0.1) is 0 Å². The van der Waals surface area contributed by atoms with E-state index in [1.54, 1.807) is 18.2 Å². The van der Waals surface area contributed by atoms with Gasteiger partial charge in [0.1, 0.15) is 11.5 Å². The van der Waals surface area contributed by atoms with Crippen LogP contribution >= 0.6 is 0 Å². The third-order valence-corrected chi connectivity index (χ3v) is 4.68. The first-order chi connectivity index (χ1) is 12.5. The Morgan fingerprint density at radius 1 is 1.19 bits per heavy atom. The van der Waals surface area contributed by atoms with Gasteiger partial charge in [-0.15, -0.1) is 0 Å². The second kappa shape index (κ2) is 8.08. The third-order valence-electron chi connectivity index (χ3n) is 4.68. The topological polar surface area (TPSA) is 62.3 Å². The van der Waals surface area contributed by atoms with Crippen molar-refractivity contribution in [3.63, 3.8) is 0 Å². The van der Waals surface area contributed by atoms with Crippen LogP contribution in [0, 0.1) is 11.7 Å². The van der Waals surface area contributed by atoms with Crippen LogP contribution in [0.5, 0.6) is 0 Å². The summed E-state index contributed by atoms with van der Waals surface area (Å²) in [5, 5.41) is 2.74. The predicted octanol–water partition coefficient (Wildman–Crippen LogP) is 3.02. The number of nitrogens with zero attached hydrogens (tertiary/aromatic N) is 2. The Kier molecular flexibility index (Phi) is 5.61. The number of piperidine rings is 1. The number of pyridine rings is 1. The van der Waals surface area contributed by atoms with Gasteiger partial charge in [0.25, 0.3) is 11.8 Å². The normalized spacial score (nSPS) is 14.9. The fourth-order valence-electron chi connectivity index (χ4n) is 2.96. The second-order valence-electron chi connectivity index (χ2n) is 6.71. The van der Waals surface area contributed by atoms with Crippen molar-refractivity contribution in [1.82, 2.24) is 15.2 Å². The molecule has 0 unspecified atom stereocenters. The molecule has 0 bridgehead atoms. The van der Waals surface area contributed by atoms with Gasteiger partial charge < -0.3 is 10.2 Å². The molecule has 6 heteroatoms. The van der Waals surface area contributed by atoms with Crippen molar-refractivity contribution in [3.8, 4) is 0 Å². The van der Waals surface area contributed by atoms with Gasteiger partial charge in [-0.2, -0.15) is 0 Å². The second-order valence-corrected chi connectivity index (χ2v) is 6.71. The summed E-state index contributed by atoms with van der Waals surface area (Å²) in [6, 6.07) is 9.08. The minimum absolute atomic E-state index is 0.0631. The van der Waals surface area contributed by atoms with Crippen LogP contribution in [0.1, 0.15) is 46.2 Å². The van der Waals surface area contributed by atoms with Crippen LogP contribution in [0.2, 0.25) is 0 Å². The van der Waals surface area contributed by atoms with Gasteiger partial charge in [-0.25, -0.2) is 4.39 Å². The number of nitrogens with one attached hydrogen (secondary N) is 1. The Morgan fingerprint density at radius 3 is 2.58 bits per heavy atom. The summed E-state index contributed by atoms with van der Waals surface area (Å²) < 4.78 is 12.9. The molecule has 26 heavy (non-hydrogen) atoms. The van der Waals surface area contributed by atoms with Gasteiger partial charge in [-0.1, -0.05) is 19.1 Å². The number of benzene rings is 1. The van der Waals surface area contributed by atoms with Crippen LogP contribution in [-0.2, 0) is 6.54 Å². The number of halogens is 1. The molecule has 1 fully saturated rings. The minimum atomic E-state index is -0.365. The van der Waals surface area contributed by atoms with E-state index in [2.05, 4.69) is 17.2 Å². The molecule has 136 valence electrons. The lowest BCUT2D eigenvalue weighted by atomic mass is 9.98. The molecule has 1 N–H and O–H groups in total. The quantitative estimate of drug-likeness (QED) is 0.917. The molecular weight excluding hydrogens is 333 g/mol. The molecule has 2 amide bonds. The molecule has 1 aliphatic heterocycles. The molecule has 1 aliphatic rings. The number of carbonyl (C=O) groups excluding carboxylic acids is 2. The zero-order valence-electron chi connectivity index (χ0n) is 14.7. The highest BCUT2D eigenvalue weighted by Crippen LogP contribution is 2.18. The van der Waals surface area contributed by atoms with E-state index >= 15 is 0 Å². The van der Waals surface area contributed by atoms with Crippen molar-refractivity contribution in [3.05, 3.63) is 65.2 Å². The van der Waals surface area contributed by atoms with E-state index in [-0.39, 0.29) is 29.9 Å². The first kappa shape index (κ1) is 18.0. The van der Waals surface area contributed by atoms with Crippen LogP contribution in [0.4, 0.5) is 4.39 Å². The first-order valence-electron chi connectivity index (χ1n) is 8.81. The van der Waals surface area contributed by atoms with Gasteiger partial charge in [0, 0.05) is 31.4 Å². The smallest absolute Gasteiger partial charge is 0.270 e. The zero-order chi connectivity index (χ0) is 18.5. The van der Waals surface area contributed by atoms with E-state index in [9.17, 15) is 14.0 Å². The van der Waals surface area contributed by atoms with Crippen molar-refractivity contribution < 1.29 is 14.0 Å². The molecule has 5 nitrogen and oxygen atoms in total. The van der Waals surface area contributed by atoms with Gasteiger partial charge in [-0.05, 0) is 48.6 Å². The van der Waals surface area contributed by atoms with E-state index < -0.39 is 0 Å². The molecule has 1 aromatic carbocycles. The predicted molar refractivity (Wildman–Crippen MR) is 96.1 cm³/mol. The average molecular weight is 355 g/mol. The Hall–Kier alpha value is -2.76. The van der Waals surface area contributed by atoms with Crippen molar-refractivity contribution >= 4 is 11.8 Å². The molecular formula is C20H22FN3O2. The molecule has 3 rings (SSSR count). The first-order valence-corrected chi connectivity index (χ1v) is 8.81. The summed E-state index contributed by atoms with van der Waals surface area (Å²) >= 11 is 0. The van der Waals surface area contributed by atoms with E-state index in [0.717, 1.165) is 31.5 Å². The van der Waals surface area contributed by atoms with E-state index in [1.807, 2.05) is 4.90 Å². The maximum absolute atomic E-state index is 12.9. The lowest BCUT2D eigenvalue weighted by Crippen LogP contribution is -2.38. The van der Waals surface area contributed by atoms with Gasteiger partial charge in [0.15, 0.2) is 0 Å². The standard InChI is InChI=1S/C20H22FN3O2/c1-14-7-10-24(11-8-14)20(26)16-6-9-22-18(12-16)19(25)23-13-15-2-4-17(21)5-3-15/h2-6,9,12,14H,7-8,10-11,13H2,1H3,(H,23,25). The summed E-state index contributed by atoms with van der Waals surface area (Å²) in [7, 11) is 0.